The van der Waals surface area contributed by atoms with Gasteiger partial charge in [0.05, 0.1) is 29.0 Å². The lowest BCUT2D eigenvalue weighted by atomic mass is 9.95. The van der Waals surface area contributed by atoms with Gasteiger partial charge < -0.3 is 14.8 Å². The summed E-state index contributed by atoms with van der Waals surface area (Å²) in [4.78, 5) is 6.87. The Morgan fingerprint density at radius 1 is 1.03 bits per heavy atom. The molecule has 0 amide bonds. The summed E-state index contributed by atoms with van der Waals surface area (Å²) < 4.78 is 43.3. The molecule has 1 aliphatic heterocycles. The average molecular weight is 485 g/mol. The van der Waals surface area contributed by atoms with Gasteiger partial charge in [-0.3, -0.25) is 4.98 Å². The molecule has 8 heteroatoms. The third-order valence-corrected chi connectivity index (χ3v) is 7.42. The summed E-state index contributed by atoms with van der Waals surface area (Å²) in [5.74, 6) is 0. The lowest BCUT2D eigenvalue weighted by Crippen LogP contribution is -2.37. The highest BCUT2D eigenvalue weighted by molar-refractivity contribution is 7.80. The van der Waals surface area contributed by atoms with Crippen LogP contribution in [0.4, 0.5) is 13.2 Å². The molecule has 2 fully saturated rings. The number of thiocarbonyl (C=S) groups is 1. The standard InChI is InChI=1S/C26H27F3N4S/c1-16-15-19(17(2)32(16)22-13-6-5-11-20(22)26(27,28)29)24-23(21-12-7-8-14-30-21)31-25(34)33(24)18-9-3-4-10-18/h5-8,11-15,18,23-24H,3-4,9-10H2,1-2H3,(H,31,34)/t23-,24-/m1/s1. The molecule has 2 aromatic heterocycles. The maximum atomic E-state index is 13.8. The highest BCUT2D eigenvalue weighted by atomic mass is 32.1. The second kappa shape index (κ2) is 8.73. The van der Waals surface area contributed by atoms with Crippen molar-refractivity contribution in [1.82, 2.24) is 19.8 Å². The SMILES string of the molecule is Cc1cc([C@@H]2[C@@H](c3ccccn3)NC(=S)N2C2CCCC2)c(C)n1-c1ccccc1C(F)(F)F. The van der Waals surface area contributed by atoms with E-state index in [9.17, 15) is 13.2 Å². The van der Waals surface area contributed by atoms with Crippen molar-refractivity contribution in [1.29, 1.82) is 0 Å². The molecule has 4 nitrogen and oxygen atoms in total. The van der Waals surface area contributed by atoms with Gasteiger partial charge in [-0.05, 0) is 74.8 Å². The summed E-state index contributed by atoms with van der Waals surface area (Å²) >= 11 is 5.81. The van der Waals surface area contributed by atoms with E-state index >= 15 is 0 Å². The summed E-state index contributed by atoms with van der Waals surface area (Å²) in [5.41, 5.74) is 2.90. The molecular formula is C26H27F3N4S. The molecule has 178 valence electrons. The van der Waals surface area contributed by atoms with Crippen molar-refractivity contribution >= 4 is 17.3 Å². The van der Waals surface area contributed by atoms with E-state index < -0.39 is 11.7 Å². The van der Waals surface area contributed by atoms with Gasteiger partial charge in [0, 0.05) is 23.6 Å². The Kier molecular flexibility index (Phi) is 5.88. The molecule has 1 aromatic carbocycles. The fourth-order valence-electron chi connectivity index (χ4n) is 5.64. The van der Waals surface area contributed by atoms with Crippen molar-refractivity contribution in [3.63, 3.8) is 0 Å². The van der Waals surface area contributed by atoms with Crippen LogP contribution in [0.25, 0.3) is 5.69 Å². The van der Waals surface area contributed by atoms with E-state index in [0.717, 1.165) is 54.4 Å². The maximum absolute atomic E-state index is 13.8. The van der Waals surface area contributed by atoms with Crippen molar-refractivity contribution in [2.45, 2.75) is 63.8 Å². The monoisotopic (exact) mass is 484 g/mol. The Labute approximate surface area is 202 Å². The molecule has 0 radical (unpaired) electrons. The molecule has 0 unspecified atom stereocenters. The van der Waals surface area contributed by atoms with Gasteiger partial charge in [0.2, 0.25) is 0 Å². The van der Waals surface area contributed by atoms with Gasteiger partial charge in [-0.25, -0.2) is 0 Å². The number of para-hydroxylation sites is 1. The third kappa shape index (κ3) is 3.87. The van der Waals surface area contributed by atoms with E-state index in [4.69, 9.17) is 12.2 Å². The van der Waals surface area contributed by atoms with Crippen molar-refractivity contribution < 1.29 is 13.2 Å². The lowest BCUT2D eigenvalue weighted by molar-refractivity contribution is -0.137. The largest absolute Gasteiger partial charge is 0.418 e. The zero-order valence-corrected chi connectivity index (χ0v) is 20.0. The molecule has 5 rings (SSSR count). The predicted molar refractivity (Wildman–Crippen MR) is 130 cm³/mol. The fourth-order valence-corrected chi connectivity index (χ4v) is 6.03. The maximum Gasteiger partial charge on any atom is 0.418 e. The number of rotatable bonds is 4. The van der Waals surface area contributed by atoms with Crippen LogP contribution < -0.4 is 5.32 Å². The van der Waals surface area contributed by atoms with E-state index in [-0.39, 0.29) is 17.8 Å². The van der Waals surface area contributed by atoms with E-state index in [1.807, 2.05) is 38.1 Å². The van der Waals surface area contributed by atoms with Crippen LogP contribution in [0.2, 0.25) is 0 Å². The number of nitrogens with one attached hydrogen (secondary N) is 1. The molecule has 1 saturated heterocycles. The van der Waals surface area contributed by atoms with Crippen LogP contribution in [0.1, 0.15) is 66.0 Å². The van der Waals surface area contributed by atoms with E-state index in [2.05, 4.69) is 15.2 Å². The van der Waals surface area contributed by atoms with Crippen LogP contribution in [-0.2, 0) is 6.18 Å². The molecule has 1 N–H and O–H groups in total. The zero-order valence-electron chi connectivity index (χ0n) is 19.1. The molecule has 3 heterocycles. The number of alkyl halides is 3. The van der Waals surface area contributed by atoms with Crippen LogP contribution in [-0.4, -0.2) is 25.6 Å². The van der Waals surface area contributed by atoms with Crippen molar-refractivity contribution in [3.05, 3.63) is 82.9 Å². The molecule has 1 saturated carbocycles. The van der Waals surface area contributed by atoms with Crippen LogP contribution in [0.15, 0.2) is 54.7 Å². The molecule has 34 heavy (non-hydrogen) atoms. The van der Waals surface area contributed by atoms with Crippen LogP contribution in [0.3, 0.4) is 0 Å². The smallest absolute Gasteiger partial charge is 0.352 e. The van der Waals surface area contributed by atoms with Gasteiger partial charge in [0.1, 0.15) is 0 Å². The summed E-state index contributed by atoms with van der Waals surface area (Å²) in [7, 11) is 0. The van der Waals surface area contributed by atoms with Crippen molar-refractivity contribution in [2.24, 2.45) is 0 Å². The molecule has 2 atom stereocenters. The van der Waals surface area contributed by atoms with Gasteiger partial charge in [0.25, 0.3) is 0 Å². The minimum Gasteiger partial charge on any atom is -0.352 e. The molecule has 0 bridgehead atoms. The molecule has 3 aromatic rings. The number of benzene rings is 1. The first-order chi connectivity index (χ1) is 16.3. The van der Waals surface area contributed by atoms with Gasteiger partial charge in [-0.2, -0.15) is 13.2 Å². The van der Waals surface area contributed by atoms with Gasteiger partial charge in [-0.1, -0.05) is 31.0 Å². The van der Waals surface area contributed by atoms with E-state index in [1.165, 1.54) is 12.1 Å². The number of aromatic nitrogens is 2. The number of pyridine rings is 1. The Morgan fingerprint density at radius 2 is 1.74 bits per heavy atom. The summed E-state index contributed by atoms with van der Waals surface area (Å²) in [6, 6.07) is 13.6. The van der Waals surface area contributed by atoms with Crippen LogP contribution in [0, 0.1) is 13.8 Å². The Morgan fingerprint density at radius 3 is 2.41 bits per heavy atom. The lowest BCUT2D eigenvalue weighted by Gasteiger charge is -2.33. The number of nitrogens with zero attached hydrogens (tertiary/aromatic N) is 3. The minimum atomic E-state index is -4.44. The van der Waals surface area contributed by atoms with E-state index in [0.29, 0.717) is 11.2 Å². The van der Waals surface area contributed by atoms with Crippen LogP contribution in [0.5, 0.6) is 0 Å². The highest BCUT2D eigenvalue weighted by Crippen LogP contribution is 2.45. The fraction of sp³-hybridized carbons (Fsp3) is 0.385. The summed E-state index contributed by atoms with van der Waals surface area (Å²) in [6.45, 7) is 3.76. The molecule has 0 spiro atoms. The first-order valence-electron chi connectivity index (χ1n) is 11.6. The summed E-state index contributed by atoms with van der Waals surface area (Å²) in [6.07, 6.45) is 1.75. The first kappa shape index (κ1) is 22.9. The second-order valence-electron chi connectivity index (χ2n) is 9.15. The normalized spacial score (nSPS) is 21.3. The van der Waals surface area contributed by atoms with Crippen molar-refractivity contribution in [3.8, 4) is 5.69 Å². The Hall–Kier alpha value is -2.87. The number of hydrogen-bond donors (Lipinski definition) is 1. The average Bonchev–Trinajstić information content (AvgIpc) is 3.51. The zero-order chi connectivity index (χ0) is 24.0. The van der Waals surface area contributed by atoms with E-state index in [1.54, 1.807) is 16.8 Å². The highest BCUT2D eigenvalue weighted by Gasteiger charge is 2.45. The molecule has 2 aliphatic rings. The van der Waals surface area contributed by atoms with Gasteiger partial charge in [0.15, 0.2) is 5.11 Å². The first-order valence-corrected chi connectivity index (χ1v) is 12.0. The predicted octanol–water partition coefficient (Wildman–Crippen LogP) is 6.42. The second-order valence-corrected chi connectivity index (χ2v) is 9.54. The quantitative estimate of drug-likeness (QED) is 0.433. The molecule has 1 aliphatic carbocycles. The van der Waals surface area contributed by atoms with Gasteiger partial charge in [-0.15, -0.1) is 0 Å². The van der Waals surface area contributed by atoms with Crippen molar-refractivity contribution in [2.75, 3.05) is 0 Å². The minimum absolute atomic E-state index is 0.145. The molecular weight excluding hydrogens is 457 g/mol. The summed E-state index contributed by atoms with van der Waals surface area (Å²) in [5, 5.41) is 4.17. The van der Waals surface area contributed by atoms with Gasteiger partial charge >= 0.3 is 6.18 Å². The Bertz CT molecular complexity index is 1200. The number of halogens is 3. The third-order valence-electron chi connectivity index (χ3n) is 7.09. The number of hydrogen-bond acceptors (Lipinski definition) is 2. The topological polar surface area (TPSA) is 33.1 Å². The van der Waals surface area contributed by atoms with Crippen LogP contribution >= 0.6 is 12.2 Å². The number of aryl methyl sites for hydroxylation is 1. The Balaban J connectivity index is 1.66.